The lowest BCUT2D eigenvalue weighted by Gasteiger charge is -2.37. The molecule has 0 spiro atoms. The normalized spacial score (nSPS) is 19.2. The van der Waals surface area contributed by atoms with Crippen LogP contribution in [-0.4, -0.2) is 119 Å². The van der Waals surface area contributed by atoms with Gasteiger partial charge in [-0.25, -0.2) is 0 Å². The van der Waals surface area contributed by atoms with E-state index in [1.54, 1.807) is 0 Å². The molecule has 2 saturated carbocycles. The highest BCUT2D eigenvalue weighted by Gasteiger charge is 2.25. The van der Waals surface area contributed by atoms with Crippen LogP contribution in [0.2, 0.25) is 10.0 Å². The van der Waals surface area contributed by atoms with Crippen molar-refractivity contribution >= 4 is 110 Å². The van der Waals surface area contributed by atoms with E-state index in [9.17, 15) is 9.59 Å². The maximum atomic E-state index is 13.1. The fourth-order valence-corrected chi connectivity index (χ4v) is 12.2. The summed E-state index contributed by atoms with van der Waals surface area (Å²) in [7, 11) is 0. The predicted octanol–water partition coefficient (Wildman–Crippen LogP) is 12.0. The van der Waals surface area contributed by atoms with Crippen LogP contribution in [0.4, 0.5) is 0 Å². The van der Waals surface area contributed by atoms with Gasteiger partial charge in [0.25, 0.3) is 0 Å². The molecule has 0 radical (unpaired) electrons. The number of piperazine rings is 2. The number of benzene rings is 4. The lowest BCUT2D eigenvalue weighted by atomic mass is 9.89. The average Bonchev–Trinajstić information content (AvgIpc) is 3.75. The van der Waals surface area contributed by atoms with E-state index in [0.717, 1.165) is 106 Å². The first-order valence-corrected chi connectivity index (χ1v) is 26.1. The minimum atomic E-state index is 0.245. The number of hydrogen-bond donors (Lipinski definition) is 0. The lowest BCUT2D eigenvalue weighted by molar-refractivity contribution is -0.121. The molecule has 0 atom stereocenters. The second-order valence-electron chi connectivity index (χ2n) is 19.1. The molecular formula is C52H62Br2Cl2N6O2. The zero-order chi connectivity index (χ0) is 44.2. The molecular weight excluding hydrogens is 971 g/mol. The topological polar surface area (TPSA) is 57.0 Å². The van der Waals surface area contributed by atoms with Gasteiger partial charge in [0.15, 0.2) is 11.6 Å². The molecule has 4 aliphatic rings. The Balaban J connectivity index is 0.000000162. The number of Topliss-reactive ketones (excluding diaryl/α,β-unsaturated/α-hetero) is 2. The van der Waals surface area contributed by atoms with Crippen LogP contribution in [0.25, 0.3) is 43.6 Å². The summed E-state index contributed by atoms with van der Waals surface area (Å²) in [5.41, 5.74) is 4.29. The quantitative estimate of drug-likeness (QED) is 0.122. The van der Waals surface area contributed by atoms with E-state index < -0.39 is 0 Å². The molecule has 2 aromatic heterocycles. The van der Waals surface area contributed by atoms with Gasteiger partial charge in [0.1, 0.15) is 0 Å². The maximum absolute atomic E-state index is 13.1. The monoisotopic (exact) mass is 1030 g/mol. The predicted molar refractivity (Wildman–Crippen MR) is 273 cm³/mol. The molecule has 2 saturated heterocycles. The van der Waals surface area contributed by atoms with Crippen LogP contribution >= 0.6 is 55.1 Å². The molecule has 2 aliphatic carbocycles. The van der Waals surface area contributed by atoms with Crippen LogP contribution in [0.5, 0.6) is 0 Å². The maximum Gasteiger partial charge on any atom is 0.166 e. The van der Waals surface area contributed by atoms with Crippen LogP contribution in [0.1, 0.15) is 64.2 Å². The van der Waals surface area contributed by atoms with Crippen LogP contribution in [-0.2, 0) is 22.7 Å². The third-order valence-corrected chi connectivity index (χ3v) is 15.9. The van der Waals surface area contributed by atoms with Crippen molar-refractivity contribution in [3.05, 3.63) is 91.8 Å². The van der Waals surface area contributed by atoms with E-state index >= 15 is 0 Å². The van der Waals surface area contributed by atoms with Gasteiger partial charge in [-0.3, -0.25) is 19.4 Å². The van der Waals surface area contributed by atoms with Gasteiger partial charge in [0, 0.05) is 128 Å². The summed E-state index contributed by atoms with van der Waals surface area (Å²) in [4.78, 5) is 36.1. The number of fused-ring (bicyclic) bond motifs is 6. The first-order valence-electron chi connectivity index (χ1n) is 23.8. The molecule has 4 aromatic carbocycles. The molecule has 340 valence electrons. The Kier molecular flexibility index (Phi) is 15.5. The number of halogens is 4. The summed E-state index contributed by atoms with van der Waals surface area (Å²) in [5, 5.41) is 5.82. The minimum absolute atomic E-state index is 0.245. The zero-order valence-electron chi connectivity index (χ0n) is 37.1. The Morgan fingerprint density at radius 2 is 0.766 bits per heavy atom. The Morgan fingerprint density at radius 3 is 1.14 bits per heavy atom. The SMILES string of the molecule is O=C(CN1CCN(CC2CCCCC2)CC1)Cn1c2ccc(Br)cc2c2cc(Br)ccc21.O=C(CN1CCN(CC2CCCCC2)CC1)Cn1c2ccc(Cl)cc2c2cc(Cl)ccc21. The number of ketones is 2. The average molecular weight is 1030 g/mol. The molecule has 0 N–H and O–H groups in total. The van der Waals surface area contributed by atoms with Gasteiger partial charge < -0.3 is 18.9 Å². The highest BCUT2D eigenvalue weighted by atomic mass is 79.9. The van der Waals surface area contributed by atoms with E-state index in [2.05, 4.69) is 97.0 Å². The second-order valence-corrected chi connectivity index (χ2v) is 21.8. The highest BCUT2D eigenvalue weighted by molar-refractivity contribution is 9.10. The molecule has 12 heteroatoms. The summed E-state index contributed by atoms with van der Waals surface area (Å²) in [6.07, 6.45) is 14.1. The molecule has 4 heterocycles. The van der Waals surface area contributed by atoms with Gasteiger partial charge >= 0.3 is 0 Å². The van der Waals surface area contributed by atoms with Crippen molar-refractivity contribution < 1.29 is 9.59 Å². The first-order chi connectivity index (χ1) is 31.1. The van der Waals surface area contributed by atoms with Crippen molar-refractivity contribution in [2.45, 2.75) is 77.3 Å². The van der Waals surface area contributed by atoms with E-state index in [-0.39, 0.29) is 11.6 Å². The van der Waals surface area contributed by atoms with Crippen molar-refractivity contribution in [2.24, 2.45) is 11.8 Å². The molecule has 64 heavy (non-hydrogen) atoms. The third kappa shape index (κ3) is 11.3. The molecule has 2 aliphatic heterocycles. The Hall–Kier alpha value is -2.80. The van der Waals surface area contributed by atoms with Crippen molar-refractivity contribution in [1.82, 2.24) is 28.7 Å². The van der Waals surface area contributed by atoms with E-state index in [4.69, 9.17) is 23.2 Å². The molecule has 4 fully saturated rings. The van der Waals surface area contributed by atoms with Gasteiger partial charge in [0.2, 0.25) is 0 Å². The smallest absolute Gasteiger partial charge is 0.166 e. The van der Waals surface area contributed by atoms with E-state index in [0.29, 0.717) is 36.2 Å². The first kappa shape index (κ1) is 46.3. The van der Waals surface area contributed by atoms with Crippen LogP contribution in [0.3, 0.4) is 0 Å². The number of nitrogens with zero attached hydrogens (tertiary/aromatic N) is 6. The van der Waals surface area contributed by atoms with Gasteiger partial charge in [-0.05, 0) is 110 Å². The van der Waals surface area contributed by atoms with E-state index in [1.807, 2.05) is 36.4 Å². The summed E-state index contributed by atoms with van der Waals surface area (Å²) in [6.45, 7) is 12.7. The number of aromatic nitrogens is 2. The fraction of sp³-hybridized carbons (Fsp3) is 0.500. The van der Waals surface area contributed by atoms with Gasteiger partial charge in [-0.15, -0.1) is 0 Å². The molecule has 0 amide bonds. The summed E-state index contributed by atoms with van der Waals surface area (Å²) in [5.74, 6) is 2.31. The Labute approximate surface area is 405 Å². The lowest BCUT2D eigenvalue weighted by Crippen LogP contribution is -2.49. The van der Waals surface area contributed by atoms with Crippen molar-refractivity contribution in [3.8, 4) is 0 Å². The minimum Gasteiger partial charge on any atom is -0.333 e. The standard InChI is InChI=1S/C26H31Br2N3O.C26H31Cl2N3O/c2*27-20-6-8-25-23(14-20)24-15-21(28)7-9-26(24)31(25)18-22(32)17-30-12-10-29(11-13-30)16-19-4-2-1-3-5-19/h2*6-9,14-15,19H,1-5,10-13,16-18H2. The fourth-order valence-electron chi connectivity index (χ4n) is 11.1. The molecule has 0 bridgehead atoms. The van der Waals surface area contributed by atoms with Crippen LogP contribution < -0.4 is 0 Å². The zero-order valence-corrected chi connectivity index (χ0v) is 41.7. The van der Waals surface area contributed by atoms with Gasteiger partial charge in [-0.2, -0.15) is 0 Å². The van der Waals surface area contributed by atoms with Crippen molar-refractivity contribution in [1.29, 1.82) is 0 Å². The van der Waals surface area contributed by atoms with Crippen LogP contribution in [0.15, 0.2) is 81.7 Å². The summed E-state index contributed by atoms with van der Waals surface area (Å²) >= 11 is 19.7. The number of hydrogen-bond acceptors (Lipinski definition) is 6. The largest absolute Gasteiger partial charge is 0.333 e. The number of carbonyl (C=O) groups excluding carboxylic acids is 2. The second kappa shape index (κ2) is 21.4. The number of carbonyl (C=O) groups is 2. The summed E-state index contributed by atoms with van der Waals surface area (Å²) < 4.78 is 6.41. The van der Waals surface area contributed by atoms with Crippen LogP contribution in [0, 0.1) is 11.8 Å². The van der Waals surface area contributed by atoms with E-state index in [1.165, 1.54) is 88.1 Å². The van der Waals surface area contributed by atoms with Gasteiger partial charge in [-0.1, -0.05) is 93.6 Å². The third-order valence-electron chi connectivity index (χ3n) is 14.5. The van der Waals surface area contributed by atoms with Crippen molar-refractivity contribution in [2.75, 3.05) is 78.5 Å². The number of rotatable bonds is 12. The highest BCUT2D eigenvalue weighted by Crippen LogP contribution is 2.35. The Bertz CT molecular complexity index is 2290. The summed E-state index contributed by atoms with van der Waals surface area (Å²) in [6, 6.07) is 24.3. The molecule has 0 unspecified atom stereocenters. The Morgan fingerprint density at radius 1 is 0.438 bits per heavy atom. The van der Waals surface area contributed by atoms with Gasteiger partial charge in [0.05, 0.1) is 26.2 Å². The molecule has 10 rings (SSSR count). The molecule has 6 aromatic rings. The van der Waals surface area contributed by atoms with Crippen molar-refractivity contribution in [3.63, 3.8) is 0 Å². The molecule has 8 nitrogen and oxygen atoms in total.